The molecule has 0 aliphatic carbocycles. The van der Waals surface area contributed by atoms with E-state index in [9.17, 15) is 9.90 Å². The fourth-order valence-corrected chi connectivity index (χ4v) is 2.38. The smallest absolute Gasteiger partial charge is 0.223 e. The average Bonchev–Trinajstić information content (AvgIpc) is 3.02. The lowest BCUT2D eigenvalue weighted by Crippen LogP contribution is -2.14. The maximum atomic E-state index is 11.4. The first kappa shape index (κ1) is 15.0. The summed E-state index contributed by atoms with van der Waals surface area (Å²) >= 11 is 0. The van der Waals surface area contributed by atoms with E-state index in [0.29, 0.717) is 18.8 Å². The van der Waals surface area contributed by atoms with Gasteiger partial charge in [-0.3, -0.25) is 9.48 Å². The monoisotopic (exact) mass is 310 g/mol. The zero-order chi connectivity index (χ0) is 16.4. The highest BCUT2D eigenvalue weighted by atomic mass is 16.3. The van der Waals surface area contributed by atoms with Gasteiger partial charge in [-0.05, 0) is 13.8 Å². The molecule has 1 N–H and O–H groups in total. The molecule has 0 bridgehead atoms. The topological polar surface area (TPSA) is 72.9 Å². The lowest BCUT2D eigenvalue weighted by Gasteiger charge is -2.10. The van der Waals surface area contributed by atoms with E-state index in [2.05, 4.69) is 10.3 Å². The Bertz CT molecular complexity index is 878. The molecule has 2 aromatic heterocycles. The van der Waals surface area contributed by atoms with Crippen LogP contribution in [0, 0.1) is 13.8 Å². The minimum absolute atomic E-state index is 0.202. The highest BCUT2D eigenvalue weighted by Gasteiger charge is 2.07. The first-order valence-corrected chi connectivity index (χ1v) is 7.41. The van der Waals surface area contributed by atoms with E-state index in [0.717, 1.165) is 11.3 Å². The predicted octanol–water partition coefficient (Wildman–Crippen LogP) is 2.13. The Hall–Kier alpha value is -2.89. The van der Waals surface area contributed by atoms with E-state index in [-0.39, 0.29) is 11.2 Å². The molecule has 0 spiro atoms. The predicted molar refractivity (Wildman–Crippen MR) is 87.3 cm³/mol. The normalized spacial score (nSPS) is 10.9. The number of hydrogen-bond donors (Lipinski definition) is 1. The standard InChI is InChI=1S/C17H18N4O2/c1-12-3-5-14(6-4-12)15-11-21(19-18-15)10-9-20-8-7-16(22)17(23)13(20)2/h3-8,11,23H,9-10H2,1-2H3. The maximum absolute atomic E-state index is 11.4. The number of aromatic hydroxyl groups is 1. The SMILES string of the molecule is Cc1ccc(-c2cn(CCn3ccc(=O)c(O)c3C)nn2)cc1. The summed E-state index contributed by atoms with van der Waals surface area (Å²) in [4.78, 5) is 11.4. The Morgan fingerprint density at radius 2 is 1.83 bits per heavy atom. The van der Waals surface area contributed by atoms with Crippen LogP contribution in [-0.2, 0) is 13.1 Å². The van der Waals surface area contributed by atoms with Crippen molar-refractivity contribution in [2.75, 3.05) is 0 Å². The van der Waals surface area contributed by atoms with E-state index in [1.165, 1.54) is 11.6 Å². The molecule has 6 nitrogen and oxygen atoms in total. The molecule has 118 valence electrons. The van der Waals surface area contributed by atoms with E-state index in [1.807, 2.05) is 42.0 Å². The summed E-state index contributed by atoms with van der Waals surface area (Å²) in [5, 5.41) is 18.0. The quantitative estimate of drug-likeness (QED) is 0.801. The molecule has 3 rings (SSSR count). The van der Waals surface area contributed by atoms with E-state index < -0.39 is 0 Å². The first-order chi connectivity index (χ1) is 11.0. The second kappa shape index (κ2) is 6.08. The second-order valence-electron chi connectivity index (χ2n) is 5.54. The van der Waals surface area contributed by atoms with E-state index in [1.54, 1.807) is 17.8 Å². The van der Waals surface area contributed by atoms with Gasteiger partial charge in [0.2, 0.25) is 5.43 Å². The second-order valence-corrected chi connectivity index (χ2v) is 5.54. The minimum atomic E-state index is -0.360. The maximum Gasteiger partial charge on any atom is 0.223 e. The molecule has 0 aliphatic heterocycles. The first-order valence-electron chi connectivity index (χ1n) is 7.41. The lowest BCUT2D eigenvalue weighted by atomic mass is 10.1. The van der Waals surface area contributed by atoms with Gasteiger partial charge in [0.1, 0.15) is 5.69 Å². The molecule has 2 heterocycles. The van der Waals surface area contributed by atoms with Gasteiger partial charge < -0.3 is 9.67 Å². The Kier molecular flexibility index (Phi) is 3.97. The molecule has 3 aromatic rings. The summed E-state index contributed by atoms with van der Waals surface area (Å²) < 4.78 is 3.58. The third kappa shape index (κ3) is 3.15. The van der Waals surface area contributed by atoms with Crippen molar-refractivity contribution in [3.63, 3.8) is 0 Å². The van der Waals surface area contributed by atoms with E-state index >= 15 is 0 Å². The molecule has 6 heteroatoms. The van der Waals surface area contributed by atoms with Crippen molar-refractivity contribution in [2.45, 2.75) is 26.9 Å². The Morgan fingerprint density at radius 1 is 1.09 bits per heavy atom. The number of pyridine rings is 1. The summed E-state index contributed by atoms with van der Waals surface area (Å²) in [5.41, 5.74) is 3.25. The summed E-state index contributed by atoms with van der Waals surface area (Å²) in [5.74, 6) is -0.202. The van der Waals surface area contributed by atoms with Crippen LogP contribution in [0.4, 0.5) is 0 Å². The summed E-state index contributed by atoms with van der Waals surface area (Å²) in [6.07, 6.45) is 3.57. The highest BCUT2D eigenvalue weighted by Crippen LogP contribution is 2.16. The van der Waals surface area contributed by atoms with Crippen molar-refractivity contribution in [1.82, 2.24) is 19.6 Å². The van der Waals surface area contributed by atoms with Gasteiger partial charge in [-0.25, -0.2) is 0 Å². The number of aromatic nitrogens is 4. The molecular formula is C17H18N4O2. The molecule has 0 radical (unpaired) electrons. The molecule has 0 amide bonds. The van der Waals surface area contributed by atoms with Gasteiger partial charge in [0, 0.05) is 24.4 Å². The van der Waals surface area contributed by atoms with Gasteiger partial charge in [0.25, 0.3) is 0 Å². The van der Waals surface area contributed by atoms with Crippen LogP contribution in [0.25, 0.3) is 11.3 Å². The Balaban J connectivity index is 1.74. The van der Waals surface area contributed by atoms with Gasteiger partial charge >= 0.3 is 0 Å². The molecule has 0 aliphatic rings. The van der Waals surface area contributed by atoms with Crippen LogP contribution in [0.2, 0.25) is 0 Å². The third-order valence-electron chi connectivity index (χ3n) is 3.87. The van der Waals surface area contributed by atoms with Crippen LogP contribution in [0.3, 0.4) is 0 Å². The van der Waals surface area contributed by atoms with Crippen molar-refractivity contribution in [2.24, 2.45) is 0 Å². The van der Waals surface area contributed by atoms with Gasteiger partial charge in [-0.2, -0.15) is 0 Å². The molecule has 0 saturated carbocycles. The van der Waals surface area contributed by atoms with Crippen LogP contribution >= 0.6 is 0 Å². The van der Waals surface area contributed by atoms with Gasteiger partial charge in [-0.1, -0.05) is 35.0 Å². The minimum Gasteiger partial charge on any atom is -0.503 e. The molecule has 0 fully saturated rings. The van der Waals surface area contributed by atoms with Crippen LogP contribution in [-0.4, -0.2) is 24.7 Å². The Morgan fingerprint density at radius 3 is 2.57 bits per heavy atom. The van der Waals surface area contributed by atoms with Gasteiger partial charge in [0.15, 0.2) is 5.75 Å². The van der Waals surface area contributed by atoms with Crippen LogP contribution in [0.15, 0.2) is 47.5 Å². The van der Waals surface area contributed by atoms with Gasteiger partial charge in [-0.15, -0.1) is 5.10 Å². The fourth-order valence-electron chi connectivity index (χ4n) is 2.38. The van der Waals surface area contributed by atoms with Crippen molar-refractivity contribution < 1.29 is 5.11 Å². The zero-order valence-corrected chi connectivity index (χ0v) is 13.1. The van der Waals surface area contributed by atoms with Crippen LogP contribution in [0.5, 0.6) is 5.75 Å². The number of aryl methyl sites for hydroxylation is 3. The highest BCUT2D eigenvalue weighted by molar-refractivity contribution is 5.57. The van der Waals surface area contributed by atoms with Crippen molar-refractivity contribution in [3.05, 3.63) is 64.2 Å². The number of hydrogen-bond acceptors (Lipinski definition) is 4. The van der Waals surface area contributed by atoms with Crippen molar-refractivity contribution in [3.8, 4) is 17.0 Å². The zero-order valence-electron chi connectivity index (χ0n) is 13.1. The number of rotatable bonds is 4. The number of benzene rings is 1. The van der Waals surface area contributed by atoms with E-state index in [4.69, 9.17) is 0 Å². The number of nitrogens with zero attached hydrogens (tertiary/aromatic N) is 4. The molecular weight excluding hydrogens is 292 g/mol. The largest absolute Gasteiger partial charge is 0.503 e. The molecule has 0 atom stereocenters. The molecule has 0 saturated heterocycles. The lowest BCUT2D eigenvalue weighted by molar-refractivity contribution is 0.444. The van der Waals surface area contributed by atoms with Gasteiger partial charge in [0.05, 0.1) is 18.4 Å². The third-order valence-corrected chi connectivity index (χ3v) is 3.87. The summed E-state index contributed by atoms with van der Waals surface area (Å²) in [7, 11) is 0. The summed E-state index contributed by atoms with van der Waals surface area (Å²) in [6, 6.07) is 9.49. The molecule has 23 heavy (non-hydrogen) atoms. The molecule has 1 aromatic carbocycles. The van der Waals surface area contributed by atoms with Crippen molar-refractivity contribution >= 4 is 0 Å². The average molecular weight is 310 g/mol. The molecule has 0 unspecified atom stereocenters. The fraction of sp³-hybridized carbons (Fsp3) is 0.235. The van der Waals surface area contributed by atoms with Crippen LogP contribution in [0.1, 0.15) is 11.3 Å². The Labute approximate surface area is 133 Å². The summed E-state index contributed by atoms with van der Waals surface area (Å²) in [6.45, 7) is 4.96. The van der Waals surface area contributed by atoms with Crippen molar-refractivity contribution in [1.29, 1.82) is 0 Å². The van der Waals surface area contributed by atoms with Crippen LogP contribution < -0.4 is 5.43 Å².